The second-order valence-corrected chi connectivity index (χ2v) is 7.78. The molecule has 3 heterocycles. The Bertz CT molecular complexity index is 1050. The number of aryl methyl sites for hydroxylation is 2. The molecule has 9 heteroatoms. The van der Waals surface area contributed by atoms with Crippen LogP contribution in [0.15, 0.2) is 22.6 Å². The van der Waals surface area contributed by atoms with E-state index in [-0.39, 0.29) is 24.4 Å². The van der Waals surface area contributed by atoms with Crippen molar-refractivity contribution in [1.29, 1.82) is 0 Å². The SMILES string of the molecule is COC(=O)c1c(NC(=O)CCn2cnc3sccc3c2=O)sc(C)c1C. The second kappa shape index (κ2) is 7.38. The third kappa shape index (κ3) is 3.40. The van der Waals surface area contributed by atoms with Gasteiger partial charge in [0.1, 0.15) is 9.83 Å². The number of amides is 1. The molecule has 0 fully saturated rings. The molecule has 0 bridgehead atoms. The normalized spacial score (nSPS) is 10.9. The molecular weight excluding hydrogens is 374 g/mol. The Balaban J connectivity index is 1.73. The molecule has 0 saturated carbocycles. The van der Waals surface area contributed by atoms with Gasteiger partial charge in [-0.3, -0.25) is 14.2 Å². The quantitative estimate of drug-likeness (QED) is 0.676. The predicted molar refractivity (Wildman–Crippen MR) is 102 cm³/mol. The van der Waals surface area contributed by atoms with Crippen molar-refractivity contribution in [3.63, 3.8) is 0 Å². The summed E-state index contributed by atoms with van der Waals surface area (Å²) < 4.78 is 6.21. The van der Waals surface area contributed by atoms with Crippen molar-refractivity contribution in [3.05, 3.63) is 44.1 Å². The molecule has 136 valence electrons. The summed E-state index contributed by atoms with van der Waals surface area (Å²) in [4.78, 5) is 42.4. The number of nitrogens with zero attached hydrogens (tertiary/aromatic N) is 2. The van der Waals surface area contributed by atoms with Crippen LogP contribution in [0.2, 0.25) is 0 Å². The van der Waals surface area contributed by atoms with E-state index in [1.165, 1.54) is 40.7 Å². The van der Waals surface area contributed by atoms with E-state index in [1.807, 2.05) is 19.2 Å². The molecule has 26 heavy (non-hydrogen) atoms. The van der Waals surface area contributed by atoms with E-state index in [2.05, 4.69) is 10.3 Å². The van der Waals surface area contributed by atoms with Crippen molar-refractivity contribution < 1.29 is 14.3 Å². The fourth-order valence-corrected chi connectivity index (χ4v) is 4.31. The molecule has 0 radical (unpaired) electrons. The molecule has 3 rings (SSSR count). The topological polar surface area (TPSA) is 90.3 Å². The van der Waals surface area contributed by atoms with Crippen LogP contribution in [0, 0.1) is 13.8 Å². The maximum atomic E-state index is 12.3. The number of nitrogens with one attached hydrogen (secondary N) is 1. The fourth-order valence-electron chi connectivity index (χ4n) is 2.53. The molecule has 0 aromatic carbocycles. The van der Waals surface area contributed by atoms with Crippen LogP contribution in [-0.4, -0.2) is 28.5 Å². The number of esters is 1. The Morgan fingerprint density at radius 3 is 2.85 bits per heavy atom. The fraction of sp³-hybridized carbons (Fsp3) is 0.294. The van der Waals surface area contributed by atoms with Crippen molar-refractivity contribution in [1.82, 2.24) is 9.55 Å². The highest BCUT2D eigenvalue weighted by Gasteiger charge is 2.21. The molecule has 0 aliphatic rings. The molecule has 1 amide bonds. The van der Waals surface area contributed by atoms with Gasteiger partial charge in [-0.15, -0.1) is 22.7 Å². The lowest BCUT2D eigenvalue weighted by Crippen LogP contribution is -2.23. The molecule has 0 atom stereocenters. The number of carbonyl (C=O) groups excluding carboxylic acids is 2. The highest BCUT2D eigenvalue weighted by Crippen LogP contribution is 2.33. The van der Waals surface area contributed by atoms with Gasteiger partial charge in [0.05, 0.1) is 24.4 Å². The number of hydrogen-bond donors (Lipinski definition) is 1. The molecule has 3 aromatic heterocycles. The number of aromatic nitrogens is 2. The van der Waals surface area contributed by atoms with Gasteiger partial charge in [-0.1, -0.05) is 0 Å². The van der Waals surface area contributed by atoms with Gasteiger partial charge >= 0.3 is 5.97 Å². The maximum Gasteiger partial charge on any atom is 0.341 e. The average molecular weight is 391 g/mol. The lowest BCUT2D eigenvalue weighted by molar-refractivity contribution is -0.116. The Kier molecular flexibility index (Phi) is 5.19. The molecule has 0 aliphatic carbocycles. The summed E-state index contributed by atoms with van der Waals surface area (Å²) in [6.07, 6.45) is 1.54. The van der Waals surface area contributed by atoms with Crippen LogP contribution in [0.1, 0.15) is 27.2 Å². The van der Waals surface area contributed by atoms with E-state index in [0.29, 0.717) is 20.8 Å². The van der Waals surface area contributed by atoms with Crippen LogP contribution in [0.25, 0.3) is 10.2 Å². The highest BCUT2D eigenvalue weighted by atomic mass is 32.1. The number of anilines is 1. The minimum Gasteiger partial charge on any atom is -0.465 e. The minimum absolute atomic E-state index is 0.0911. The second-order valence-electron chi connectivity index (χ2n) is 5.66. The summed E-state index contributed by atoms with van der Waals surface area (Å²) in [5.74, 6) is -0.765. The van der Waals surface area contributed by atoms with Gasteiger partial charge in [-0.2, -0.15) is 0 Å². The number of ether oxygens (including phenoxy) is 1. The molecule has 0 spiro atoms. The largest absolute Gasteiger partial charge is 0.465 e. The predicted octanol–water partition coefficient (Wildman–Crippen LogP) is 2.95. The van der Waals surface area contributed by atoms with Crippen molar-refractivity contribution in [2.45, 2.75) is 26.8 Å². The monoisotopic (exact) mass is 391 g/mol. The lowest BCUT2D eigenvalue weighted by Gasteiger charge is -2.07. The van der Waals surface area contributed by atoms with Crippen LogP contribution in [0.4, 0.5) is 5.00 Å². The Morgan fingerprint density at radius 2 is 2.12 bits per heavy atom. The van der Waals surface area contributed by atoms with Crippen LogP contribution < -0.4 is 10.9 Å². The summed E-state index contributed by atoms with van der Waals surface area (Å²) in [6.45, 7) is 3.90. The van der Waals surface area contributed by atoms with Crippen molar-refractivity contribution >= 4 is 49.8 Å². The molecule has 3 aromatic rings. The number of thiophene rings is 2. The van der Waals surface area contributed by atoms with Crippen LogP contribution in [0.3, 0.4) is 0 Å². The molecule has 0 unspecified atom stereocenters. The zero-order valence-electron chi connectivity index (χ0n) is 14.5. The highest BCUT2D eigenvalue weighted by molar-refractivity contribution is 7.17. The number of hydrogen-bond acceptors (Lipinski definition) is 7. The number of fused-ring (bicyclic) bond motifs is 1. The Morgan fingerprint density at radius 1 is 1.35 bits per heavy atom. The standard InChI is InChI=1S/C17H17N3O4S2/c1-9-10(2)26-15(13(9)17(23)24-3)19-12(21)4-6-20-8-18-14-11(16(20)22)5-7-25-14/h5,7-8H,4,6H2,1-3H3,(H,19,21). The first-order valence-electron chi connectivity index (χ1n) is 7.83. The van der Waals surface area contributed by atoms with Crippen molar-refractivity contribution in [2.75, 3.05) is 12.4 Å². The molecule has 0 aliphatic heterocycles. The summed E-state index contributed by atoms with van der Waals surface area (Å²) in [5, 5.41) is 5.59. The van der Waals surface area contributed by atoms with Crippen molar-refractivity contribution in [3.8, 4) is 0 Å². The summed E-state index contributed by atoms with van der Waals surface area (Å²) in [6, 6.07) is 1.73. The Hall–Kier alpha value is -2.52. The van der Waals surface area contributed by atoms with Gasteiger partial charge in [0.25, 0.3) is 5.56 Å². The Labute approximate surface area is 157 Å². The van der Waals surface area contributed by atoms with Crippen molar-refractivity contribution in [2.24, 2.45) is 0 Å². The van der Waals surface area contributed by atoms with E-state index < -0.39 is 5.97 Å². The van der Waals surface area contributed by atoms with E-state index >= 15 is 0 Å². The van der Waals surface area contributed by atoms with Gasteiger partial charge in [0.15, 0.2) is 0 Å². The first-order chi connectivity index (χ1) is 12.4. The summed E-state index contributed by atoms with van der Waals surface area (Å²) in [5.41, 5.74) is 1.00. The third-order valence-corrected chi connectivity index (χ3v) is 6.00. The van der Waals surface area contributed by atoms with Gasteiger partial charge in [0, 0.05) is 17.8 Å². The summed E-state index contributed by atoms with van der Waals surface area (Å²) in [7, 11) is 1.31. The lowest BCUT2D eigenvalue weighted by atomic mass is 10.1. The van der Waals surface area contributed by atoms with Crippen LogP contribution in [0.5, 0.6) is 0 Å². The van der Waals surface area contributed by atoms with Gasteiger partial charge in [-0.05, 0) is 30.9 Å². The zero-order valence-corrected chi connectivity index (χ0v) is 16.1. The van der Waals surface area contributed by atoms with Gasteiger partial charge in [-0.25, -0.2) is 9.78 Å². The van der Waals surface area contributed by atoms with Crippen LogP contribution >= 0.6 is 22.7 Å². The first kappa shape index (κ1) is 18.3. The summed E-state index contributed by atoms with van der Waals surface area (Å²) >= 11 is 2.73. The van der Waals surface area contributed by atoms with Gasteiger partial charge in [0.2, 0.25) is 5.91 Å². The third-order valence-electron chi connectivity index (χ3n) is 4.06. The zero-order chi connectivity index (χ0) is 18.8. The number of carbonyl (C=O) groups is 2. The van der Waals surface area contributed by atoms with E-state index in [9.17, 15) is 14.4 Å². The molecule has 7 nitrogen and oxygen atoms in total. The number of methoxy groups -OCH3 is 1. The first-order valence-corrected chi connectivity index (χ1v) is 9.52. The maximum absolute atomic E-state index is 12.3. The van der Waals surface area contributed by atoms with E-state index in [4.69, 9.17) is 4.74 Å². The smallest absolute Gasteiger partial charge is 0.341 e. The van der Waals surface area contributed by atoms with Gasteiger partial charge < -0.3 is 10.1 Å². The van der Waals surface area contributed by atoms with E-state index in [0.717, 1.165) is 10.4 Å². The number of rotatable bonds is 5. The van der Waals surface area contributed by atoms with Crippen LogP contribution in [-0.2, 0) is 16.1 Å². The minimum atomic E-state index is -0.481. The molecule has 0 saturated heterocycles. The molecule has 1 N–H and O–H groups in total. The molecular formula is C17H17N3O4S2. The average Bonchev–Trinajstić information content (AvgIpc) is 3.19. The van der Waals surface area contributed by atoms with E-state index in [1.54, 1.807) is 6.07 Å².